The number of alkyl halides is 2. The lowest BCUT2D eigenvalue weighted by Gasteiger charge is -2.30. The highest BCUT2D eigenvalue weighted by molar-refractivity contribution is 6.31. The van der Waals surface area contributed by atoms with Crippen LogP contribution in [0.15, 0.2) is 42.6 Å². The molecule has 2 aromatic heterocycles. The second kappa shape index (κ2) is 12.3. The molecule has 0 bridgehead atoms. The van der Waals surface area contributed by atoms with Crippen LogP contribution in [0.3, 0.4) is 0 Å². The lowest BCUT2D eigenvalue weighted by Crippen LogP contribution is -2.43. The van der Waals surface area contributed by atoms with Crippen molar-refractivity contribution in [3.8, 4) is 22.8 Å². The summed E-state index contributed by atoms with van der Waals surface area (Å²) in [4.78, 5) is 30.1. The fourth-order valence-corrected chi connectivity index (χ4v) is 5.28. The van der Waals surface area contributed by atoms with E-state index in [9.17, 15) is 27.9 Å². The number of aliphatic hydroxyl groups is 1. The zero-order valence-corrected chi connectivity index (χ0v) is 24.5. The lowest BCUT2D eigenvalue weighted by atomic mass is 9.90. The zero-order chi connectivity index (χ0) is 31.8. The number of primary amides is 1. The van der Waals surface area contributed by atoms with E-state index < -0.39 is 29.8 Å². The van der Waals surface area contributed by atoms with Crippen molar-refractivity contribution in [1.29, 1.82) is 0 Å². The zero-order valence-electron chi connectivity index (χ0n) is 23.7. The fraction of sp³-hybridized carbons (Fsp3) is 0.333. The summed E-state index contributed by atoms with van der Waals surface area (Å²) in [5.41, 5.74) is 5.16. The average molecular weight is 632 g/mol. The molecule has 0 radical (unpaired) electrons. The van der Waals surface area contributed by atoms with Gasteiger partial charge in [-0.15, -0.1) is 0 Å². The average Bonchev–Trinajstić information content (AvgIpc) is 3.76. The monoisotopic (exact) mass is 631 g/mol. The number of methoxy groups -OCH3 is 1. The van der Waals surface area contributed by atoms with Crippen molar-refractivity contribution >= 4 is 34.3 Å². The molecule has 0 spiro atoms. The van der Waals surface area contributed by atoms with Gasteiger partial charge in [0.15, 0.2) is 0 Å². The van der Waals surface area contributed by atoms with E-state index in [1.165, 1.54) is 43.5 Å². The van der Waals surface area contributed by atoms with Crippen molar-refractivity contribution in [2.75, 3.05) is 20.3 Å². The minimum absolute atomic E-state index is 0.0945. The van der Waals surface area contributed by atoms with Gasteiger partial charge in [0, 0.05) is 28.3 Å². The summed E-state index contributed by atoms with van der Waals surface area (Å²) in [7, 11) is 1.33. The molecule has 1 atom stereocenters. The van der Waals surface area contributed by atoms with E-state index in [-0.39, 0.29) is 69.9 Å². The predicted molar refractivity (Wildman–Crippen MR) is 155 cm³/mol. The lowest BCUT2D eigenvalue weighted by molar-refractivity contribution is -0.117. The van der Waals surface area contributed by atoms with Crippen LogP contribution in [0, 0.1) is 11.7 Å². The molecule has 2 amide bonds. The van der Waals surface area contributed by atoms with Gasteiger partial charge in [-0.3, -0.25) is 9.59 Å². The third kappa shape index (κ3) is 6.15. The number of pyridine rings is 1. The van der Waals surface area contributed by atoms with Crippen LogP contribution in [0.2, 0.25) is 5.02 Å². The maximum absolute atomic E-state index is 14.0. The number of fused-ring (bicyclic) bond motifs is 1. The summed E-state index contributed by atoms with van der Waals surface area (Å²) >= 11 is 6.06. The van der Waals surface area contributed by atoms with Crippen LogP contribution in [-0.2, 0) is 16.8 Å². The molecule has 44 heavy (non-hydrogen) atoms. The number of ether oxygens (including phenoxy) is 2. The Kier molecular flexibility index (Phi) is 8.71. The van der Waals surface area contributed by atoms with Crippen LogP contribution in [-0.4, -0.2) is 51.9 Å². The Bertz CT molecular complexity index is 1750. The largest absolute Gasteiger partial charge is 0.494 e. The quantitative estimate of drug-likeness (QED) is 0.205. The standard InChI is InChI=1S/C30H29ClF3N5O5/c1-3-44-27-16(12-24(35)40)11-23(37-26(27)15-4-7-21(32)20(31)9-15)30(42,19-5-6-19)14-36-28(41)17-8-18-13-39(29(33)34)38-25(18)22(10-17)43-2/h4,7-11,13,19,29,42H,3,5-6,12,14H2,1-2H3,(H2,35,40)(H,36,41)/t30-/m1/s1. The minimum atomic E-state index is -2.88. The molecule has 1 aliphatic rings. The van der Waals surface area contributed by atoms with Gasteiger partial charge in [0.05, 0.1) is 37.4 Å². The first kappa shape index (κ1) is 31.1. The van der Waals surface area contributed by atoms with Crippen molar-refractivity contribution in [1.82, 2.24) is 20.1 Å². The second-order valence-corrected chi connectivity index (χ2v) is 10.8. The number of hydrogen-bond acceptors (Lipinski definition) is 7. The molecule has 2 heterocycles. The highest BCUT2D eigenvalue weighted by Crippen LogP contribution is 2.47. The smallest absolute Gasteiger partial charge is 0.333 e. The van der Waals surface area contributed by atoms with E-state index in [1.54, 1.807) is 6.92 Å². The van der Waals surface area contributed by atoms with Crippen LogP contribution < -0.4 is 20.5 Å². The van der Waals surface area contributed by atoms with E-state index in [2.05, 4.69) is 10.4 Å². The first-order chi connectivity index (χ1) is 20.9. The molecule has 10 nitrogen and oxygen atoms in total. The summed E-state index contributed by atoms with van der Waals surface area (Å²) in [6.45, 7) is -1.21. The van der Waals surface area contributed by atoms with Gasteiger partial charge < -0.3 is 25.6 Å². The van der Waals surface area contributed by atoms with Crippen LogP contribution in [0.4, 0.5) is 13.2 Å². The molecular weight excluding hydrogens is 603 g/mol. The fourth-order valence-electron chi connectivity index (χ4n) is 5.10. The van der Waals surface area contributed by atoms with Gasteiger partial charge in [-0.05, 0) is 62.1 Å². The van der Waals surface area contributed by atoms with Crippen LogP contribution in [0.1, 0.15) is 47.9 Å². The molecule has 232 valence electrons. The first-order valence-corrected chi connectivity index (χ1v) is 14.1. The molecule has 1 fully saturated rings. The molecule has 14 heteroatoms. The summed E-state index contributed by atoms with van der Waals surface area (Å²) < 4.78 is 52.1. The Morgan fingerprint density at radius 3 is 2.61 bits per heavy atom. The highest BCUT2D eigenvalue weighted by atomic mass is 35.5. The van der Waals surface area contributed by atoms with E-state index in [0.29, 0.717) is 28.7 Å². The van der Waals surface area contributed by atoms with Gasteiger partial charge in [0.25, 0.3) is 5.91 Å². The van der Waals surface area contributed by atoms with E-state index in [0.717, 1.165) is 6.20 Å². The number of hydrogen-bond donors (Lipinski definition) is 3. The van der Waals surface area contributed by atoms with Gasteiger partial charge in [0.2, 0.25) is 5.91 Å². The highest BCUT2D eigenvalue weighted by Gasteiger charge is 2.47. The van der Waals surface area contributed by atoms with Crippen LogP contribution in [0.5, 0.6) is 11.5 Å². The number of carbonyl (C=O) groups is 2. The molecule has 1 saturated carbocycles. The van der Waals surface area contributed by atoms with Crippen LogP contribution >= 0.6 is 11.6 Å². The Labute approximate surface area is 254 Å². The predicted octanol–water partition coefficient (Wildman–Crippen LogP) is 4.75. The molecule has 5 rings (SSSR count). The summed E-state index contributed by atoms with van der Waals surface area (Å²) in [6, 6.07) is 8.25. The SMILES string of the molecule is CCOc1c(CC(N)=O)cc([C@@](O)(CNC(=O)c2cc(OC)c3nn(C(F)F)cc3c2)C2CC2)nc1-c1ccc(F)c(Cl)c1. The minimum Gasteiger partial charge on any atom is -0.494 e. The van der Waals surface area contributed by atoms with Crippen molar-refractivity contribution < 1.29 is 37.3 Å². The molecule has 0 aliphatic heterocycles. The maximum atomic E-state index is 14.0. The molecule has 0 unspecified atom stereocenters. The third-order valence-corrected chi connectivity index (χ3v) is 7.67. The summed E-state index contributed by atoms with van der Waals surface area (Å²) in [6.07, 6.45) is 2.13. The number of nitrogens with two attached hydrogens (primary N) is 1. The number of benzene rings is 2. The number of nitrogens with zero attached hydrogens (tertiary/aromatic N) is 3. The summed E-state index contributed by atoms with van der Waals surface area (Å²) in [5, 5.41) is 18.7. The molecule has 4 N–H and O–H groups in total. The van der Waals surface area contributed by atoms with Crippen molar-refractivity contribution in [2.24, 2.45) is 11.7 Å². The Morgan fingerprint density at radius 2 is 2.00 bits per heavy atom. The molecule has 0 saturated heterocycles. The number of rotatable bonds is 12. The van der Waals surface area contributed by atoms with E-state index in [1.807, 2.05) is 0 Å². The number of aromatic nitrogens is 3. The van der Waals surface area contributed by atoms with Crippen molar-refractivity contribution in [2.45, 2.75) is 38.3 Å². The number of amides is 2. The van der Waals surface area contributed by atoms with Crippen LogP contribution in [0.25, 0.3) is 22.2 Å². The topological polar surface area (TPSA) is 142 Å². The van der Waals surface area contributed by atoms with Gasteiger partial charge in [-0.1, -0.05) is 11.6 Å². The molecule has 4 aromatic rings. The van der Waals surface area contributed by atoms with E-state index in [4.69, 9.17) is 31.8 Å². The number of carbonyl (C=O) groups excluding carboxylic acids is 2. The Hall–Kier alpha value is -4.36. The van der Waals surface area contributed by atoms with Gasteiger partial charge in [0.1, 0.15) is 34.1 Å². The number of halogens is 4. The molecule has 2 aromatic carbocycles. The van der Waals surface area contributed by atoms with Crippen molar-refractivity contribution in [3.63, 3.8) is 0 Å². The molecular formula is C30H29ClF3N5O5. The van der Waals surface area contributed by atoms with E-state index >= 15 is 0 Å². The van der Waals surface area contributed by atoms with Crippen molar-refractivity contribution in [3.05, 3.63) is 70.3 Å². The Morgan fingerprint density at radius 1 is 1.25 bits per heavy atom. The number of nitrogens with one attached hydrogen (secondary N) is 1. The van der Waals surface area contributed by atoms with Gasteiger partial charge >= 0.3 is 6.55 Å². The maximum Gasteiger partial charge on any atom is 0.333 e. The first-order valence-electron chi connectivity index (χ1n) is 13.7. The van der Waals surface area contributed by atoms with Gasteiger partial charge in [-0.2, -0.15) is 13.9 Å². The third-order valence-electron chi connectivity index (χ3n) is 7.38. The second-order valence-electron chi connectivity index (χ2n) is 10.4. The summed E-state index contributed by atoms with van der Waals surface area (Å²) in [5.74, 6) is -1.85. The molecule has 1 aliphatic carbocycles. The normalized spacial score (nSPS) is 14.5. The Balaban J connectivity index is 1.54. The van der Waals surface area contributed by atoms with Gasteiger partial charge in [-0.25, -0.2) is 14.1 Å².